The minimum absolute atomic E-state index is 0.156. The van der Waals surface area contributed by atoms with E-state index in [0.717, 1.165) is 0 Å². The molecule has 0 atom stereocenters. The lowest BCUT2D eigenvalue weighted by molar-refractivity contribution is -0.385. The molecule has 0 spiro atoms. The molecule has 3 heterocycles. The summed E-state index contributed by atoms with van der Waals surface area (Å²) in [5, 5.41) is 10.8. The van der Waals surface area contributed by atoms with Crippen LogP contribution < -0.4 is 10.5 Å². The summed E-state index contributed by atoms with van der Waals surface area (Å²) in [7, 11) is 1.56. The minimum Gasteiger partial charge on any atom is -0.378 e. The molecule has 1 fully saturated rings. The Kier molecular flexibility index (Phi) is 2.90. The predicted octanol–water partition coefficient (Wildman–Crippen LogP) is -0.222. The molecule has 0 saturated carbocycles. The van der Waals surface area contributed by atoms with E-state index in [-0.39, 0.29) is 11.2 Å². The van der Waals surface area contributed by atoms with Crippen molar-refractivity contribution in [1.29, 1.82) is 0 Å². The van der Waals surface area contributed by atoms with Crippen molar-refractivity contribution in [3.8, 4) is 0 Å². The number of aromatic nitrogens is 3. The molecule has 0 amide bonds. The molecule has 0 aromatic carbocycles. The van der Waals surface area contributed by atoms with Crippen molar-refractivity contribution < 1.29 is 9.66 Å². The third-order valence-electron chi connectivity index (χ3n) is 3.36. The van der Waals surface area contributed by atoms with Crippen molar-refractivity contribution in [3.63, 3.8) is 0 Å². The first-order chi connectivity index (χ1) is 9.59. The standard InChI is InChI=1S/C11H13N5O4/c1-13-11(17)9(14-2-4-20-5-3-14)10-12-6-8(16(18)19)7-15(10)13/h6-7H,2-5H2,1H3. The lowest BCUT2D eigenvalue weighted by atomic mass is 10.3. The highest BCUT2D eigenvalue weighted by Gasteiger charge is 2.23. The zero-order valence-corrected chi connectivity index (χ0v) is 10.9. The topological polar surface area (TPSA) is 94.9 Å². The van der Waals surface area contributed by atoms with Crippen molar-refractivity contribution in [3.05, 3.63) is 32.9 Å². The fraction of sp³-hybridized carbons (Fsp3) is 0.455. The molecule has 1 aliphatic rings. The fourth-order valence-electron chi connectivity index (χ4n) is 2.31. The van der Waals surface area contributed by atoms with Crippen LogP contribution >= 0.6 is 0 Å². The molecule has 20 heavy (non-hydrogen) atoms. The molecule has 0 bridgehead atoms. The van der Waals surface area contributed by atoms with Crippen molar-refractivity contribution in [1.82, 2.24) is 14.2 Å². The predicted molar refractivity (Wildman–Crippen MR) is 70.1 cm³/mol. The second-order valence-electron chi connectivity index (χ2n) is 4.51. The van der Waals surface area contributed by atoms with Gasteiger partial charge in [-0.25, -0.2) is 14.2 Å². The monoisotopic (exact) mass is 279 g/mol. The maximum absolute atomic E-state index is 12.3. The molecule has 0 aliphatic carbocycles. The number of hydrogen-bond donors (Lipinski definition) is 0. The summed E-state index contributed by atoms with van der Waals surface area (Å²) in [4.78, 5) is 28.5. The number of fused-ring (bicyclic) bond motifs is 1. The van der Waals surface area contributed by atoms with Crippen LogP contribution in [-0.2, 0) is 11.8 Å². The van der Waals surface area contributed by atoms with E-state index < -0.39 is 4.92 Å². The van der Waals surface area contributed by atoms with Crippen molar-refractivity contribution in [2.45, 2.75) is 0 Å². The Morgan fingerprint density at radius 2 is 2.10 bits per heavy atom. The van der Waals surface area contributed by atoms with Gasteiger partial charge in [0.25, 0.3) is 5.56 Å². The third kappa shape index (κ3) is 1.83. The molecule has 1 aliphatic heterocycles. The number of nitrogens with zero attached hydrogens (tertiary/aromatic N) is 5. The van der Waals surface area contributed by atoms with E-state index in [1.807, 2.05) is 4.90 Å². The van der Waals surface area contributed by atoms with Gasteiger partial charge in [-0.15, -0.1) is 0 Å². The lowest BCUT2D eigenvalue weighted by Crippen LogP contribution is -2.39. The smallest absolute Gasteiger partial charge is 0.305 e. The van der Waals surface area contributed by atoms with Crippen LogP contribution in [0.15, 0.2) is 17.2 Å². The molecule has 0 radical (unpaired) electrons. The second kappa shape index (κ2) is 4.60. The molecule has 0 unspecified atom stereocenters. The van der Waals surface area contributed by atoms with E-state index in [1.54, 1.807) is 7.05 Å². The van der Waals surface area contributed by atoms with Gasteiger partial charge < -0.3 is 9.64 Å². The van der Waals surface area contributed by atoms with Crippen LogP contribution in [0.5, 0.6) is 0 Å². The van der Waals surface area contributed by atoms with Gasteiger partial charge in [0.1, 0.15) is 18.1 Å². The molecule has 1 saturated heterocycles. The van der Waals surface area contributed by atoms with Gasteiger partial charge >= 0.3 is 5.69 Å². The summed E-state index contributed by atoms with van der Waals surface area (Å²) < 4.78 is 7.99. The Morgan fingerprint density at radius 1 is 1.40 bits per heavy atom. The van der Waals surface area contributed by atoms with Crippen LogP contribution in [0.25, 0.3) is 5.65 Å². The molecular formula is C11H13N5O4. The Labute approximate surface area is 113 Å². The minimum atomic E-state index is -0.536. The molecular weight excluding hydrogens is 266 g/mol. The largest absolute Gasteiger partial charge is 0.378 e. The maximum Gasteiger partial charge on any atom is 0.305 e. The van der Waals surface area contributed by atoms with Gasteiger partial charge in [-0.1, -0.05) is 0 Å². The van der Waals surface area contributed by atoms with Crippen molar-refractivity contribution in [2.24, 2.45) is 7.05 Å². The molecule has 9 nitrogen and oxygen atoms in total. The first kappa shape index (κ1) is 12.6. The summed E-state index contributed by atoms with van der Waals surface area (Å²) in [6.07, 6.45) is 2.46. The lowest BCUT2D eigenvalue weighted by Gasteiger charge is -2.26. The first-order valence-corrected chi connectivity index (χ1v) is 6.14. The number of hydrogen-bond acceptors (Lipinski definition) is 6. The Balaban J connectivity index is 2.20. The average Bonchev–Trinajstić information content (AvgIpc) is 2.71. The quantitative estimate of drug-likeness (QED) is 0.557. The van der Waals surface area contributed by atoms with Crippen LogP contribution in [0.2, 0.25) is 0 Å². The number of anilines is 1. The van der Waals surface area contributed by atoms with Crippen LogP contribution in [0.4, 0.5) is 11.4 Å². The Bertz CT molecular complexity index is 728. The van der Waals surface area contributed by atoms with E-state index in [1.165, 1.54) is 21.6 Å². The summed E-state index contributed by atoms with van der Waals surface area (Å²) >= 11 is 0. The number of nitro groups is 1. The number of rotatable bonds is 2. The van der Waals surface area contributed by atoms with Gasteiger partial charge in [0, 0.05) is 20.1 Å². The maximum atomic E-state index is 12.3. The van der Waals surface area contributed by atoms with Gasteiger partial charge in [-0.05, 0) is 0 Å². The van der Waals surface area contributed by atoms with Gasteiger partial charge in [0.05, 0.1) is 18.1 Å². The summed E-state index contributed by atoms with van der Waals surface area (Å²) in [5.41, 5.74) is 0.507. The first-order valence-electron chi connectivity index (χ1n) is 6.14. The van der Waals surface area contributed by atoms with E-state index in [4.69, 9.17) is 4.74 Å². The van der Waals surface area contributed by atoms with E-state index in [2.05, 4.69) is 4.98 Å². The van der Waals surface area contributed by atoms with Gasteiger partial charge in [-0.3, -0.25) is 14.9 Å². The average molecular weight is 279 g/mol. The Hall–Kier alpha value is -2.42. The highest BCUT2D eigenvalue weighted by atomic mass is 16.6. The van der Waals surface area contributed by atoms with Crippen LogP contribution in [-0.4, -0.2) is 45.4 Å². The zero-order valence-electron chi connectivity index (χ0n) is 10.9. The second-order valence-corrected chi connectivity index (χ2v) is 4.51. The molecule has 2 aromatic heterocycles. The summed E-state index contributed by atoms with van der Waals surface area (Å²) in [5.74, 6) is 0. The fourth-order valence-corrected chi connectivity index (χ4v) is 2.31. The van der Waals surface area contributed by atoms with Gasteiger partial charge in [0.15, 0.2) is 5.65 Å². The number of ether oxygens (including phenoxy) is 1. The number of aryl methyl sites for hydroxylation is 1. The highest BCUT2D eigenvalue weighted by molar-refractivity contribution is 5.68. The van der Waals surface area contributed by atoms with E-state index in [0.29, 0.717) is 37.6 Å². The van der Waals surface area contributed by atoms with Crippen LogP contribution in [0.1, 0.15) is 0 Å². The molecule has 3 rings (SSSR count). The molecule has 0 N–H and O–H groups in total. The van der Waals surface area contributed by atoms with E-state index >= 15 is 0 Å². The molecule has 9 heteroatoms. The Morgan fingerprint density at radius 3 is 2.75 bits per heavy atom. The summed E-state index contributed by atoms with van der Waals surface area (Å²) in [6.45, 7) is 2.31. The zero-order chi connectivity index (χ0) is 14.3. The van der Waals surface area contributed by atoms with Crippen LogP contribution in [0.3, 0.4) is 0 Å². The van der Waals surface area contributed by atoms with Crippen molar-refractivity contribution in [2.75, 3.05) is 31.2 Å². The van der Waals surface area contributed by atoms with Crippen molar-refractivity contribution >= 4 is 17.0 Å². The van der Waals surface area contributed by atoms with E-state index in [9.17, 15) is 14.9 Å². The van der Waals surface area contributed by atoms with Gasteiger partial charge in [0.2, 0.25) is 0 Å². The molecule has 106 valence electrons. The van der Waals surface area contributed by atoms with Gasteiger partial charge in [-0.2, -0.15) is 0 Å². The summed E-state index contributed by atoms with van der Waals surface area (Å²) in [6, 6.07) is 0. The highest BCUT2D eigenvalue weighted by Crippen LogP contribution is 2.19. The number of morpholine rings is 1. The molecule has 2 aromatic rings. The van der Waals surface area contributed by atoms with Crippen LogP contribution in [0, 0.1) is 10.1 Å². The third-order valence-corrected chi connectivity index (χ3v) is 3.36. The normalized spacial score (nSPS) is 15.8. The SMILES string of the molecule is Cn1c(=O)c(N2CCOCC2)c2ncc([N+](=O)[O-])cn21.